The van der Waals surface area contributed by atoms with E-state index in [4.69, 9.17) is 5.73 Å². The molecule has 1 unspecified atom stereocenters. The van der Waals surface area contributed by atoms with Crippen LogP contribution in [0.25, 0.3) is 0 Å². The maximum Gasteiger partial charge on any atom is 0.238 e. The molecular weight excluding hydrogens is 296 g/mol. The Balaban J connectivity index is 1.64. The summed E-state index contributed by atoms with van der Waals surface area (Å²) in [4.78, 5) is 17.2. The molecule has 6 heteroatoms. The quantitative estimate of drug-likeness (QED) is 0.877. The molecule has 22 heavy (non-hydrogen) atoms. The molecule has 1 fully saturated rings. The van der Waals surface area contributed by atoms with Crippen LogP contribution >= 0.6 is 11.3 Å². The van der Waals surface area contributed by atoms with Gasteiger partial charge >= 0.3 is 0 Å². The fourth-order valence-electron chi connectivity index (χ4n) is 2.61. The molecule has 5 nitrogen and oxygen atoms in total. The second kappa shape index (κ2) is 5.87. The van der Waals surface area contributed by atoms with Gasteiger partial charge in [0.15, 0.2) is 0 Å². The highest BCUT2D eigenvalue weighted by Gasteiger charge is 2.57. The molecule has 0 radical (unpaired) electrons. The van der Waals surface area contributed by atoms with Crippen LogP contribution in [0.4, 0.5) is 0 Å². The summed E-state index contributed by atoms with van der Waals surface area (Å²) in [5, 5.41) is 12.3. The van der Waals surface area contributed by atoms with E-state index in [1.807, 2.05) is 30.3 Å². The third-order valence-corrected chi connectivity index (χ3v) is 4.75. The first-order chi connectivity index (χ1) is 10.6. The lowest BCUT2D eigenvalue weighted by molar-refractivity contribution is -0.122. The minimum atomic E-state index is -0.816. The van der Waals surface area contributed by atoms with Crippen LogP contribution < -0.4 is 11.1 Å². The Morgan fingerprint density at radius 3 is 2.95 bits per heavy atom. The van der Waals surface area contributed by atoms with Crippen molar-refractivity contribution in [3.63, 3.8) is 0 Å². The molecular formula is C16H16N4OS. The molecule has 1 amide bonds. The van der Waals surface area contributed by atoms with Gasteiger partial charge in [-0.2, -0.15) is 5.26 Å². The van der Waals surface area contributed by atoms with E-state index >= 15 is 0 Å². The van der Waals surface area contributed by atoms with Crippen LogP contribution in [0, 0.1) is 11.3 Å². The van der Waals surface area contributed by atoms with Crippen LogP contribution in [0.1, 0.15) is 22.8 Å². The lowest BCUT2D eigenvalue weighted by Crippen LogP contribution is -2.47. The summed E-state index contributed by atoms with van der Waals surface area (Å²) < 4.78 is 0. The number of carbonyl (C=O) groups is 1. The zero-order chi connectivity index (χ0) is 15.6. The molecule has 1 heterocycles. The number of amides is 1. The Labute approximate surface area is 132 Å². The molecule has 1 aliphatic rings. The van der Waals surface area contributed by atoms with Gasteiger partial charge in [-0.05, 0) is 12.0 Å². The maximum atomic E-state index is 12.3. The average Bonchev–Trinajstić information content (AvgIpc) is 3.02. The summed E-state index contributed by atoms with van der Waals surface area (Å²) in [6, 6.07) is 11.4. The van der Waals surface area contributed by atoms with E-state index in [-0.39, 0.29) is 11.8 Å². The minimum absolute atomic E-state index is 0.0401. The van der Waals surface area contributed by atoms with E-state index in [1.165, 1.54) is 11.3 Å². The van der Waals surface area contributed by atoms with Gasteiger partial charge < -0.3 is 11.1 Å². The number of benzene rings is 1. The van der Waals surface area contributed by atoms with Crippen molar-refractivity contribution in [1.82, 2.24) is 10.3 Å². The van der Waals surface area contributed by atoms with Crippen molar-refractivity contribution in [2.24, 2.45) is 5.73 Å². The number of rotatable bonds is 5. The highest BCUT2D eigenvalue weighted by molar-refractivity contribution is 7.09. The number of nitrogens with one attached hydrogen (secondary N) is 1. The second-order valence-corrected chi connectivity index (χ2v) is 6.49. The van der Waals surface area contributed by atoms with Crippen molar-refractivity contribution in [2.45, 2.75) is 30.3 Å². The summed E-state index contributed by atoms with van der Waals surface area (Å²) in [7, 11) is 0. The summed E-state index contributed by atoms with van der Waals surface area (Å²) in [5.74, 6) is -0.244. The SMILES string of the molecule is N#C[C@]1(NC(=O)C(N)Cc2cncs2)C[C@H]1c1ccccc1. The number of carbonyl (C=O) groups excluding carboxylic acids is 1. The third-order valence-electron chi connectivity index (χ3n) is 3.95. The molecule has 112 valence electrons. The predicted octanol–water partition coefficient (Wildman–Crippen LogP) is 1.58. The Bertz CT molecular complexity index is 695. The molecule has 3 atom stereocenters. The fraction of sp³-hybridized carbons (Fsp3) is 0.312. The molecule has 0 spiro atoms. The first-order valence-electron chi connectivity index (χ1n) is 7.06. The Morgan fingerprint density at radius 1 is 1.55 bits per heavy atom. The van der Waals surface area contributed by atoms with Gasteiger partial charge in [-0.3, -0.25) is 9.78 Å². The van der Waals surface area contributed by atoms with Crippen molar-refractivity contribution in [2.75, 3.05) is 0 Å². The normalized spacial score (nSPS) is 24.3. The maximum absolute atomic E-state index is 12.3. The summed E-state index contributed by atoms with van der Waals surface area (Å²) in [5.41, 5.74) is 7.91. The molecule has 0 bridgehead atoms. The van der Waals surface area contributed by atoms with Crippen LogP contribution in [0.2, 0.25) is 0 Å². The van der Waals surface area contributed by atoms with Crippen LogP contribution in [0.5, 0.6) is 0 Å². The van der Waals surface area contributed by atoms with E-state index in [0.717, 1.165) is 10.4 Å². The molecule has 0 saturated heterocycles. The molecule has 3 rings (SSSR count). The topological polar surface area (TPSA) is 91.8 Å². The zero-order valence-electron chi connectivity index (χ0n) is 11.9. The van der Waals surface area contributed by atoms with Gasteiger partial charge in [0.1, 0.15) is 5.54 Å². The van der Waals surface area contributed by atoms with Gasteiger partial charge in [0.25, 0.3) is 0 Å². The number of nitrogens with two attached hydrogens (primary N) is 1. The molecule has 1 aliphatic carbocycles. The van der Waals surface area contributed by atoms with Gasteiger partial charge in [0, 0.05) is 23.4 Å². The molecule has 1 saturated carbocycles. The van der Waals surface area contributed by atoms with Gasteiger partial charge in [0.05, 0.1) is 17.6 Å². The van der Waals surface area contributed by atoms with Crippen molar-refractivity contribution in [3.8, 4) is 6.07 Å². The van der Waals surface area contributed by atoms with Gasteiger partial charge in [-0.15, -0.1) is 11.3 Å². The van der Waals surface area contributed by atoms with Crippen LogP contribution in [0.15, 0.2) is 42.0 Å². The van der Waals surface area contributed by atoms with Gasteiger partial charge in [0.2, 0.25) is 5.91 Å². The van der Waals surface area contributed by atoms with E-state index in [9.17, 15) is 10.1 Å². The van der Waals surface area contributed by atoms with Gasteiger partial charge in [-0.1, -0.05) is 30.3 Å². The Hall–Kier alpha value is -2.23. The molecule has 3 N–H and O–H groups in total. The number of hydrogen-bond acceptors (Lipinski definition) is 5. The van der Waals surface area contributed by atoms with E-state index in [2.05, 4.69) is 16.4 Å². The standard InChI is InChI=1S/C16H16N4OS/c17-9-16(7-13(16)11-4-2-1-3-5-11)20-15(21)14(18)6-12-8-19-10-22-12/h1-5,8,10,13-14H,6-7,18H2,(H,20,21)/t13-,14?,16+/m0/s1. The van der Waals surface area contributed by atoms with Crippen LogP contribution in [0.3, 0.4) is 0 Å². The van der Waals surface area contributed by atoms with Crippen LogP contribution in [-0.4, -0.2) is 22.5 Å². The van der Waals surface area contributed by atoms with E-state index < -0.39 is 11.6 Å². The summed E-state index contributed by atoms with van der Waals surface area (Å²) >= 11 is 1.47. The van der Waals surface area contributed by atoms with Crippen molar-refractivity contribution in [1.29, 1.82) is 5.26 Å². The lowest BCUT2D eigenvalue weighted by Gasteiger charge is -2.16. The first-order valence-corrected chi connectivity index (χ1v) is 7.94. The molecule has 0 aliphatic heterocycles. The minimum Gasteiger partial charge on any atom is -0.336 e. The largest absolute Gasteiger partial charge is 0.336 e. The number of hydrogen-bond donors (Lipinski definition) is 2. The average molecular weight is 312 g/mol. The monoisotopic (exact) mass is 312 g/mol. The smallest absolute Gasteiger partial charge is 0.238 e. The predicted molar refractivity (Wildman–Crippen MR) is 84.1 cm³/mol. The van der Waals surface area contributed by atoms with Crippen molar-refractivity contribution < 1.29 is 4.79 Å². The summed E-state index contributed by atoms with van der Waals surface area (Å²) in [6.45, 7) is 0. The first kappa shape index (κ1) is 14.7. The number of aromatic nitrogens is 1. The second-order valence-electron chi connectivity index (χ2n) is 5.52. The van der Waals surface area contributed by atoms with E-state index in [0.29, 0.717) is 12.8 Å². The van der Waals surface area contributed by atoms with Crippen molar-refractivity contribution in [3.05, 3.63) is 52.5 Å². The molecule has 1 aromatic carbocycles. The van der Waals surface area contributed by atoms with Crippen molar-refractivity contribution >= 4 is 17.2 Å². The molecule has 1 aromatic heterocycles. The number of thiazole rings is 1. The van der Waals surface area contributed by atoms with E-state index in [1.54, 1.807) is 11.7 Å². The Morgan fingerprint density at radius 2 is 2.32 bits per heavy atom. The highest BCUT2D eigenvalue weighted by atomic mass is 32.1. The zero-order valence-corrected chi connectivity index (χ0v) is 12.7. The summed E-state index contributed by atoms with van der Waals surface area (Å²) in [6.07, 6.45) is 2.78. The lowest BCUT2D eigenvalue weighted by atomic mass is 10.1. The fourth-order valence-corrected chi connectivity index (χ4v) is 3.26. The number of nitrogens with zero attached hydrogens (tertiary/aromatic N) is 2. The highest BCUT2D eigenvalue weighted by Crippen LogP contribution is 2.50. The third kappa shape index (κ3) is 2.86. The Kier molecular flexibility index (Phi) is 3.92. The van der Waals surface area contributed by atoms with Gasteiger partial charge in [-0.25, -0.2) is 0 Å². The molecule has 2 aromatic rings. The number of nitriles is 1. The van der Waals surface area contributed by atoms with Crippen LogP contribution in [-0.2, 0) is 11.2 Å².